The van der Waals surface area contributed by atoms with Gasteiger partial charge in [0.25, 0.3) is 15.9 Å². The van der Waals surface area contributed by atoms with Crippen molar-refractivity contribution in [1.82, 2.24) is 5.43 Å². The van der Waals surface area contributed by atoms with Gasteiger partial charge in [-0.1, -0.05) is 41.4 Å². The summed E-state index contributed by atoms with van der Waals surface area (Å²) in [7, 11) is -4.01. The van der Waals surface area contributed by atoms with Crippen molar-refractivity contribution < 1.29 is 17.9 Å². The maximum absolute atomic E-state index is 13.4. The summed E-state index contributed by atoms with van der Waals surface area (Å²) in [5.74, 6) is 0.00218. The number of halogens is 1. The van der Waals surface area contributed by atoms with Gasteiger partial charge in [-0.05, 0) is 67.9 Å². The number of aryl methyl sites for hydroxylation is 1. The number of anilines is 1. The number of benzene rings is 3. The molecule has 0 spiro atoms. The van der Waals surface area contributed by atoms with Crippen molar-refractivity contribution in [3.63, 3.8) is 0 Å². The molecule has 0 aromatic heterocycles. The van der Waals surface area contributed by atoms with Crippen molar-refractivity contribution >= 4 is 39.4 Å². The van der Waals surface area contributed by atoms with Crippen molar-refractivity contribution in [3.05, 3.63) is 88.9 Å². The predicted octanol–water partition coefficient (Wildman–Crippen LogP) is 4.39. The summed E-state index contributed by atoms with van der Waals surface area (Å²) in [6, 6.07) is 19.9. The Balaban J connectivity index is 1.84. The number of hydrazone groups is 1. The molecule has 0 aliphatic rings. The minimum atomic E-state index is -4.01. The summed E-state index contributed by atoms with van der Waals surface area (Å²) in [5.41, 5.74) is 4.32. The van der Waals surface area contributed by atoms with E-state index in [9.17, 15) is 13.2 Å². The quantitative estimate of drug-likeness (QED) is 0.359. The zero-order chi connectivity index (χ0) is 23.8. The number of carbonyl (C=O) groups excluding carboxylic acids is 1. The molecule has 0 saturated carbocycles. The summed E-state index contributed by atoms with van der Waals surface area (Å²) < 4.78 is 33.2. The zero-order valence-corrected chi connectivity index (χ0v) is 19.8. The van der Waals surface area contributed by atoms with Gasteiger partial charge >= 0.3 is 0 Å². The smallest absolute Gasteiger partial charge is 0.264 e. The molecule has 172 valence electrons. The van der Waals surface area contributed by atoms with E-state index in [0.717, 1.165) is 9.87 Å². The second-order valence-corrected chi connectivity index (χ2v) is 9.40. The van der Waals surface area contributed by atoms with Crippen molar-refractivity contribution in [1.29, 1.82) is 0 Å². The fourth-order valence-electron chi connectivity index (χ4n) is 2.96. The van der Waals surface area contributed by atoms with E-state index in [0.29, 0.717) is 28.6 Å². The molecule has 0 atom stereocenters. The highest BCUT2D eigenvalue weighted by atomic mass is 35.5. The van der Waals surface area contributed by atoms with E-state index in [1.165, 1.54) is 18.3 Å². The largest absolute Gasteiger partial charge is 0.494 e. The van der Waals surface area contributed by atoms with E-state index >= 15 is 0 Å². The maximum Gasteiger partial charge on any atom is 0.264 e. The molecule has 1 amide bonds. The fourth-order valence-corrected chi connectivity index (χ4v) is 4.58. The summed E-state index contributed by atoms with van der Waals surface area (Å²) in [6.07, 6.45) is 1.43. The number of hydrogen-bond acceptors (Lipinski definition) is 5. The predicted molar refractivity (Wildman–Crippen MR) is 131 cm³/mol. The Morgan fingerprint density at radius 3 is 2.42 bits per heavy atom. The molecular weight excluding hydrogens is 462 g/mol. The van der Waals surface area contributed by atoms with Crippen LogP contribution in [0.2, 0.25) is 5.02 Å². The average molecular weight is 486 g/mol. The second-order valence-electron chi connectivity index (χ2n) is 7.10. The number of carbonyl (C=O) groups is 1. The van der Waals surface area contributed by atoms with Crippen LogP contribution < -0.4 is 14.5 Å². The minimum Gasteiger partial charge on any atom is -0.494 e. The molecule has 33 heavy (non-hydrogen) atoms. The number of nitrogens with zero attached hydrogens (tertiary/aromatic N) is 2. The number of nitrogens with one attached hydrogen (secondary N) is 1. The number of ether oxygens (including phenoxy) is 1. The molecule has 0 unspecified atom stereocenters. The van der Waals surface area contributed by atoms with Crippen LogP contribution >= 0.6 is 11.6 Å². The SMILES string of the molecule is CCOc1ccc(N(CC(=O)N/N=C\c2cccc(Cl)c2)S(=O)(=O)c2ccc(C)cc2)cc1. The standard InChI is InChI=1S/C24H24ClN3O4S/c1-3-32-22-11-9-21(10-12-22)28(33(30,31)23-13-7-18(2)8-14-23)17-24(29)27-26-16-19-5-4-6-20(25)15-19/h4-16H,3,17H2,1-2H3,(H,27,29)/b26-16-. The van der Waals surface area contributed by atoms with Crippen LogP contribution in [0.4, 0.5) is 5.69 Å². The molecule has 0 saturated heterocycles. The maximum atomic E-state index is 13.4. The van der Waals surface area contributed by atoms with Gasteiger partial charge in [-0.2, -0.15) is 5.10 Å². The number of sulfonamides is 1. The summed E-state index contributed by atoms with van der Waals surface area (Å²) in [4.78, 5) is 12.7. The fraction of sp³-hybridized carbons (Fsp3) is 0.167. The van der Waals surface area contributed by atoms with Gasteiger partial charge in [0.1, 0.15) is 12.3 Å². The summed E-state index contributed by atoms with van der Waals surface area (Å²) >= 11 is 5.94. The van der Waals surface area contributed by atoms with Gasteiger partial charge < -0.3 is 4.74 Å². The molecule has 0 aliphatic carbocycles. The van der Waals surface area contributed by atoms with Crippen molar-refractivity contribution in [2.24, 2.45) is 5.10 Å². The van der Waals surface area contributed by atoms with Crippen molar-refractivity contribution in [3.8, 4) is 5.75 Å². The normalized spacial score (nSPS) is 11.4. The van der Waals surface area contributed by atoms with Gasteiger partial charge in [-0.3, -0.25) is 9.10 Å². The van der Waals surface area contributed by atoms with Crippen LogP contribution in [0.25, 0.3) is 0 Å². The molecule has 0 bridgehead atoms. The number of hydrogen-bond donors (Lipinski definition) is 1. The zero-order valence-electron chi connectivity index (χ0n) is 18.2. The van der Waals surface area contributed by atoms with Crippen molar-refractivity contribution in [2.75, 3.05) is 17.5 Å². The van der Waals surface area contributed by atoms with Gasteiger partial charge in [-0.25, -0.2) is 13.8 Å². The van der Waals surface area contributed by atoms with Crippen LogP contribution in [0.5, 0.6) is 5.75 Å². The molecule has 0 radical (unpaired) electrons. The third-order valence-corrected chi connectivity index (χ3v) is 6.61. The van der Waals surface area contributed by atoms with E-state index in [2.05, 4.69) is 10.5 Å². The highest BCUT2D eigenvalue weighted by molar-refractivity contribution is 7.92. The molecule has 0 fully saturated rings. The highest BCUT2D eigenvalue weighted by Gasteiger charge is 2.27. The third kappa shape index (κ3) is 6.57. The van der Waals surface area contributed by atoms with Crippen LogP contribution in [0.1, 0.15) is 18.1 Å². The topological polar surface area (TPSA) is 88.1 Å². The van der Waals surface area contributed by atoms with Gasteiger partial charge in [0.2, 0.25) is 0 Å². The molecule has 9 heteroatoms. The van der Waals surface area contributed by atoms with E-state index in [1.54, 1.807) is 60.7 Å². The van der Waals surface area contributed by atoms with Crippen molar-refractivity contribution in [2.45, 2.75) is 18.7 Å². The third-order valence-electron chi connectivity index (χ3n) is 4.58. The van der Waals surface area contributed by atoms with E-state index < -0.39 is 22.5 Å². The molecule has 0 aliphatic heterocycles. The van der Waals surface area contributed by atoms with Crippen LogP contribution in [-0.2, 0) is 14.8 Å². The lowest BCUT2D eigenvalue weighted by atomic mass is 10.2. The summed E-state index contributed by atoms with van der Waals surface area (Å²) in [5, 5.41) is 4.45. The lowest BCUT2D eigenvalue weighted by Crippen LogP contribution is -2.39. The van der Waals surface area contributed by atoms with E-state index in [-0.39, 0.29) is 4.90 Å². The second kappa shape index (κ2) is 11.0. The first-order valence-corrected chi connectivity index (χ1v) is 12.0. The molecule has 3 rings (SSSR count). The van der Waals surface area contributed by atoms with Gasteiger partial charge in [0, 0.05) is 5.02 Å². The van der Waals surface area contributed by atoms with E-state index in [4.69, 9.17) is 16.3 Å². The average Bonchev–Trinajstić information content (AvgIpc) is 2.79. The van der Waals surface area contributed by atoms with Gasteiger partial charge in [-0.15, -0.1) is 0 Å². The molecule has 3 aromatic rings. The Hall–Kier alpha value is -3.36. The lowest BCUT2D eigenvalue weighted by Gasteiger charge is -2.24. The number of amides is 1. The molecular formula is C24H24ClN3O4S. The van der Waals surface area contributed by atoms with Crippen LogP contribution in [0, 0.1) is 6.92 Å². The lowest BCUT2D eigenvalue weighted by molar-refractivity contribution is -0.119. The summed E-state index contributed by atoms with van der Waals surface area (Å²) in [6.45, 7) is 3.75. The minimum absolute atomic E-state index is 0.0808. The Kier molecular flexibility index (Phi) is 8.08. The van der Waals surface area contributed by atoms with Gasteiger partial charge in [0.15, 0.2) is 0 Å². The van der Waals surface area contributed by atoms with E-state index in [1.807, 2.05) is 13.8 Å². The molecule has 7 nitrogen and oxygen atoms in total. The first kappa shape index (κ1) is 24.3. The van der Waals surface area contributed by atoms with Crippen LogP contribution in [0.15, 0.2) is 82.8 Å². The monoisotopic (exact) mass is 485 g/mol. The Morgan fingerprint density at radius 2 is 1.79 bits per heavy atom. The highest BCUT2D eigenvalue weighted by Crippen LogP contribution is 2.26. The Morgan fingerprint density at radius 1 is 1.09 bits per heavy atom. The number of rotatable bonds is 9. The van der Waals surface area contributed by atoms with Gasteiger partial charge in [0.05, 0.1) is 23.4 Å². The van der Waals surface area contributed by atoms with Crippen LogP contribution in [0.3, 0.4) is 0 Å². The Labute approximate surface area is 198 Å². The first-order chi connectivity index (χ1) is 15.8. The molecule has 3 aromatic carbocycles. The first-order valence-electron chi connectivity index (χ1n) is 10.2. The Bertz CT molecular complexity index is 1230. The molecule has 0 heterocycles. The molecule has 1 N–H and O–H groups in total. The van der Waals surface area contributed by atoms with Crippen LogP contribution in [-0.4, -0.2) is 33.7 Å².